The molecule has 0 bridgehead atoms. The van der Waals surface area contributed by atoms with Gasteiger partial charge < -0.3 is 24.3 Å². The van der Waals surface area contributed by atoms with Crippen molar-refractivity contribution in [3.05, 3.63) is 78.2 Å². The van der Waals surface area contributed by atoms with Crippen molar-refractivity contribution in [2.45, 2.75) is 31.0 Å². The minimum absolute atomic E-state index is 0.248. The largest absolute Gasteiger partial charge is 0.388 e. The standard InChI is InChI=1S/C26H23FN2O4/c27-19-11-21-20(10-18(28-21)12-31-23-14-33-25-22(30)13-32-26(23)25)29-24(19)17-8-6-16(7-9-17)15-4-2-1-3-5-15/h1-11,22-23,25-26,28,30H,12-14H2/t22-,23-,25-,26-/m1/s1. The van der Waals surface area contributed by atoms with Crippen LogP contribution in [0.15, 0.2) is 66.7 Å². The van der Waals surface area contributed by atoms with Gasteiger partial charge in [0.1, 0.15) is 30.1 Å². The fourth-order valence-corrected chi connectivity index (χ4v) is 4.60. The zero-order valence-electron chi connectivity index (χ0n) is 17.8. The van der Waals surface area contributed by atoms with Gasteiger partial charge in [-0.15, -0.1) is 0 Å². The fourth-order valence-electron chi connectivity index (χ4n) is 4.60. The molecule has 2 N–H and O–H groups in total. The summed E-state index contributed by atoms with van der Waals surface area (Å²) < 4.78 is 32.0. The average Bonchev–Trinajstić information content (AvgIpc) is 3.54. The van der Waals surface area contributed by atoms with E-state index in [9.17, 15) is 9.50 Å². The van der Waals surface area contributed by atoms with Gasteiger partial charge in [0.05, 0.1) is 30.9 Å². The van der Waals surface area contributed by atoms with E-state index >= 15 is 0 Å². The first-order valence-electron chi connectivity index (χ1n) is 11.0. The monoisotopic (exact) mass is 446 g/mol. The molecule has 0 amide bonds. The molecule has 6 nitrogen and oxygen atoms in total. The van der Waals surface area contributed by atoms with Gasteiger partial charge in [0.15, 0.2) is 5.82 Å². The molecule has 2 aliphatic rings. The smallest absolute Gasteiger partial charge is 0.151 e. The van der Waals surface area contributed by atoms with Crippen molar-refractivity contribution in [2.75, 3.05) is 13.2 Å². The van der Waals surface area contributed by atoms with Crippen molar-refractivity contribution in [3.8, 4) is 22.4 Å². The molecule has 2 aromatic carbocycles. The van der Waals surface area contributed by atoms with E-state index in [0.717, 1.165) is 22.4 Å². The topological polar surface area (TPSA) is 76.6 Å². The lowest BCUT2D eigenvalue weighted by Crippen LogP contribution is -2.32. The summed E-state index contributed by atoms with van der Waals surface area (Å²) in [6.07, 6.45) is -1.44. The maximum absolute atomic E-state index is 14.9. The van der Waals surface area contributed by atoms with Gasteiger partial charge in [-0.05, 0) is 17.2 Å². The summed E-state index contributed by atoms with van der Waals surface area (Å²) in [7, 11) is 0. The summed E-state index contributed by atoms with van der Waals surface area (Å²) in [4.78, 5) is 7.75. The minimum atomic E-state index is -0.607. The highest BCUT2D eigenvalue weighted by atomic mass is 19.1. The van der Waals surface area contributed by atoms with Crippen LogP contribution in [0, 0.1) is 5.82 Å². The van der Waals surface area contributed by atoms with Gasteiger partial charge in [-0.3, -0.25) is 0 Å². The van der Waals surface area contributed by atoms with Crippen LogP contribution in [0.4, 0.5) is 4.39 Å². The van der Waals surface area contributed by atoms with Gasteiger partial charge in [-0.2, -0.15) is 0 Å². The maximum atomic E-state index is 14.9. The third-order valence-electron chi connectivity index (χ3n) is 6.31. The van der Waals surface area contributed by atoms with E-state index in [-0.39, 0.29) is 37.3 Å². The number of hydrogen-bond donors (Lipinski definition) is 2. The summed E-state index contributed by atoms with van der Waals surface area (Å²) in [5.74, 6) is -0.385. The van der Waals surface area contributed by atoms with Gasteiger partial charge in [-0.1, -0.05) is 54.6 Å². The lowest BCUT2D eigenvalue weighted by Gasteiger charge is -2.16. The number of pyridine rings is 1. The lowest BCUT2D eigenvalue weighted by atomic mass is 10.0. The number of H-pyrrole nitrogens is 1. The van der Waals surface area contributed by atoms with Crippen molar-refractivity contribution in [1.82, 2.24) is 9.97 Å². The number of ether oxygens (including phenoxy) is 3. The van der Waals surface area contributed by atoms with Crippen LogP contribution in [-0.4, -0.2) is 52.7 Å². The number of hydrogen-bond acceptors (Lipinski definition) is 5. The zero-order valence-corrected chi connectivity index (χ0v) is 17.8. The lowest BCUT2D eigenvalue weighted by molar-refractivity contribution is -0.0446. The zero-order chi connectivity index (χ0) is 22.4. The molecule has 0 radical (unpaired) electrons. The van der Waals surface area contributed by atoms with Gasteiger partial charge in [0, 0.05) is 17.3 Å². The highest BCUT2D eigenvalue weighted by Gasteiger charge is 2.47. The fraction of sp³-hybridized carbons (Fsp3) is 0.269. The maximum Gasteiger partial charge on any atom is 0.151 e. The quantitative estimate of drug-likeness (QED) is 0.483. The molecule has 168 valence electrons. The number of aliphatic hydroxyl groups is 1. The molecular formula is C26H23FN2O4. The Labute approximate surface area is 189 Å². The molecule has 6 rings (SSSR count). The van der Waals surface area contributed by atoms with Crippen LogP contribution in [0.1, 0.15) is 5.69 Å². The Morgan fingerprint density at radius 1 is 0.939 bits per heavy atom. The average molecular weight is 446 g/mol. The van der Waals surface area contributed by atoms with Crippen molar-refractivity contribution in [2.24, 2.45) is 0 Å². The number of fused-ring (bicyclic) bond motifs is 2. The SMILES string of the molecule is O[C@@H]1CO[C@H]2[C@@H]1OC[C@H]2OCc1cc2nc(-c3ccc(-c4ccccc4)cc3)c(F)cc2[nH]1. The van der Waals surface area contributed by atoms with Crippen molar-refractivity contribution >= 4 is 11.0 Å². The first-order valence-corrected chi connectivity index (χ1v) is 11.0. The molecule has 4 aromatic rings. The number of nitrogens with one attached hydrogen (secondary N) is 1. The Bertz CT molecular complexity index is 1270. The molecule has 2 saturated heterocycles. The van der Waals surface area contributed by atoms with Gasteiger partial charge in [-0.25, -0.2) is 9.37 Å². The van der Waals surface area contributed by atoms with E-state index in [1.54, 1.807) is 0 Å². The normalized spacial score (nSPS) is 24.4. The number of aromatic amines is 1. The molecule has 0 spiro atoms. The number of halogens is 1. The van der Waals surface area contributed by atoms with Crippen LogP contribution in [0.25, 0.3) is 33.4 Å². The predicted octanol–water partition coefficient (Wildman–Crippen LogP) is 4.08. The second kappa shape index (κ2) is 8.35. The Morgan fingerprint density at radius 3 is 2.48 bits per heavy atom. The van der Waals surface area contributed by atoms with E-state index < -0.39 is 6.10 Å². The summed E-state index contributed by atoms with van der Waals surface area (Å²) in [5.41, 5.74) is 5.29. The molecule has 33 heavy (non-hydrogen) atoms. The van der Waals surface area contributed by atoms with Crippen LogP contribution in [0.5, 0.6) is 0 Å². The number of rotatable bonds is 5. The van der Waals surface area contributed by atoms with Crippen molar-refractivity contribution in [1.29, 1.82) is 0 Å². The van der Waals surface area contributed by atoms with E-state index in [2.05, 4.69) is 9.97 Å². The van der Waals surface area contributed by atoms with Gasteiger partial charge in [0.2, 0.25) is 0 Å². The Balaban J connectivity index is 1.20. The molecule has 2 fully saturated rings. The molecular weight excluding hydrogens is 423 g/mol. The highest BCUT2D eigenvalue weighted by molar-refractivity contribution is 5.80. The molecule has 2 aliphatic heterocycles. The third-order valence-corrected chi connectivity index (χ3v) is 6.31. The number of aliphatic hydroxyl groups excluding tert-OH is 1. The van der Waals surface area contributed by atoms with Crippen LogP contribution in [0.2, 0.25) is 0 Å². The van der Waals surface area contributed by atoms with Crippen LogP contribution < -0.4 is 0 Å². The summed E-state index contributed by atoms with van der Waals surface area (Å²) in [6, 6.07) is 21.1. The molecule has 0 unspecified atom stereocenters. The first kappa shape index (κ1) is 20.5. The second-order valence-corrected chi connectivity index (χ2v) is 8.50. The molecule has 0 aliphatic carbocycles. The van der Waals surface area contributed by atoms with Crippen molar-refractivity contribution in [3.63, 3.8) is 0 Å². The second-order valence-electron chi connectivity index (χ2n) is 8.50. The van der Waals surface area contributed by atoms with E-state index in [4.69, 9.17) is 14.2 Å². The Hall–Kier alpha value is -3.10. The predicted molar refractivity (Wildman–Crippen MR) is 121 cm³/mol. The van der Waals surface area contributed by atoms with E-state index in [0.29, 0.717) is 23.3 Å². The summed E-state index contributed by atoms with van der Waals surface area (Å²) in [6.45, 7) is 0.929. The molecule has 2 aromatic heterocycles. The number of nitrogens with zero attached hydrogens (tertiary/aromatic N) is 1. The first-order chi connectivity index (χ1) is 16.2. The van der Waals surface area contributed by atoms with E-state index in [1.807, 2.05) is 60.7 Å². The molecule has 0 saturated carbocycles. The summed E-state index contributed by atoms with van der Waals surface area (Å²) in [5, 5.41) is 9.86. The Kier molecular flexibility index (Phi) is 5.19. The van der Waals surface area contributed by atoms with Crippen molar-refractivity contribution < 1.29 is 23.7 Å². The van der Waals surface area contributed by atoms with Crippen LogP contribution in [0.3, 0.4) is 0 Å². The van der Waals surface area contributed by atoms with E-state index in [1.165, 1.54) is 6.07 Å². The highest BCUT2D eigenvalue weighted by Crippen LogP contribution is 2.30. The third kappa shape index (κ3) is 3.83. The number of aromatic nitrogens is 2. The number of benzene rings is 2. The van der Waals surface area contributed by atoms with Crippen LogP contribution >= 0.6 is 0 Å². The summed E-state index contributed by atoms with van der Waals surface area (Å²) >= 11 is 0. The van der Waals surface area contributed by atoms with Crippen LogP contribution in [-0.2, 0) is 20.8 Å². The van der Waals surface area contributed by atoms with Gasteiger partial charge in [0.25, 0.3) is 0 Å². The molecule has 7 heteroatoms. The molecule has 4 heterocycles. The van der Waals surface area contributed by atoms with Gasteiger partial charge >= 0.3 is 0 Å². The molecule has 4 atom stereocenters. The minimum Gasteiger partial charge on any atom is -0.388 e. The Morgan fingerprint density at radius 2 is 1.67 bits per heavy atom.